The molecule has 0 aromatic heterocycles. The maximum Gasteiger partial charge on any atom is 0.242 e. The van der Waals surface area contributed by atoms with Crippen LogP contribution in [-0.2, 0) is 9.59 Å². The van der Waals surface area contributed by atoms with E-state index in [0.717, 1.165) is 51.0 Å². The van der Waals surface area contributed by atoms with E-state index in [1.165, 1.54) is 0 Å². The summed E-state index contributed by atoms with van der Waals surface area (Å²) in [6, 6.07) is 7.59. The summed E-state index contributed by atoms with van der Waals surface area (Å²) in [5.74, 6) is 0.721. The molecule has 6 heteroatoms. The number of hydrogen-bond donors (Lipinski definition) is 1. The first-order valence-corrected chi connectivity index (χ1v) is 9.48. The zero-order valence-corrected chi connectivity index (χ0v) is 15.5. The van der Waals surface area contributed by atoms with E-state index in [1.807, 2.05) is 29.2 Å². The molecule has 2 saturated heterocycles. The number of likely N-dealkylation sites (tertiary alicyclic amines) is 1. The molecule has 0 radical (unpaired) electrons. The van der Waals surface area contributed by atoms with Gasteiger partial charge in [-0.3, -0.25) is 9.59 Å². The highest BCUT2D eigenvalue weighted by molar-refractivity contribution is 6.30. The van der Waals surface area contributed by atoms with E-state index in [0.29, 0.717) is 17.5 Å². The molecule has 3 rings (SSSR count). The Hall–Kier alpha value is -1.75. The fourth-order valence-electron chi connectivity index (χ4n) is 3.80. The maximum absolute atomic E-state index is 12.7. The quantitative estimate of drug-likeness (QED) is 0.894. The predicted octanol–water partition coefficient (Wildman–Crippen LogP) is 2.68. The second-order valence-corrected chi connectivity index (χ2v) is 7.46. The minimum absolute atomic E-state index is 0.0986. The number of nitrogens with one attached hydrogen (secondary N) is 1. The lowest BCUT2D eigenvalue weighted by Crippen LogP contribution is -2.46. The number of carbonyl (C=O) groups excluding carboxylic acids is 2. The van der Waals surface area contributed by atoms with Gasteiger partial charge in [0, 0.05) is 43.8 Å². The van der Waals surface area contributed by atoms with Gasteiger partial charge >= 0.3 is 0 Å². The van der Waals surface area contributed by atoms with E-state index in [1.54, 1.807) is 6.92 Å². The molecule has 0 aliphatic carbocycles. The molecule has 5 nitrogen and oxygen atoms in total. The fraction of sp³-hybridized carbons (Fsp3) is 0.579. The van der Waals surface area contributed by atoms with Crippen molar-refractivity contribution in [2.45, 2.75) is 38.6 Å². The molecule has 0 spiro atoms. The van der Waals surface area contributed by atoms with Gasteiger partial charge in [0.2, 0.25) is 11.8 Å². The Labute approximate surface area is 154 Å². The SMILES string of the molecule is CC(=O)N1CCC(CNC(=O)[C@@H]2CCCN2c2ccc(Cl)cc2)CC1. The first-order valence-electron chi connectivity index (χ1n) is 9.10. The molecule has 2 fully saturated rings. The minimum atomic E-state index is -0.0986. The van der Waals surface area contributed by atoms with E-state index >= 15 is 0 Å². The van der Waals surface area contributed by atoms with Crippen LogP contribution in [0.1, 0.15) is 32.6 Å². The molecular weight excluding hydrogens is 338 g/mol. The Bertz CT molecular complexity index is 612. The topological polar surface area (TPSA) is 52.7 Å². The molecule has 0 bridgehead atoms. The minimum Gasteiger partial charge on any atom is -0.360 e. The number of rotatable bonds is 4. The summed E-state index contributed by atoms with van der Waals surface area (Å²) >= 11 is 5.96. The van der Waals surface area contributed by atoms with Gasteiger partial charge in [-0.1, -0.05) is 11.6 Å². The van der Waals surface area contributed by atoms with Gasteiger partial charge in [-0.05, 0) is 55.9 Å². The molecule has 2 aliphatic rings. The average Bonchev–Trinajstić information content (AvgIpc) is 3.10. The summed E-state index contributed by atoms with van der Waals surface area (Å²) in [6.45, 7) is 4.83. The van der Waals surface area contributed by atoms with Gasteiger partial charge in [0.15, 0.2) is 0 Å². The Morgan fingerprint density at radius 3 is 2.44 bits per heavy atom. The van der Waals surface area contributed by atoms with Crippen LogP contribution in [0, 0.1) is 5.92 Å². The molecule has 0 unspecified atom stereocenters. The maximum atomic E-state index is 12.7. The van der Waals surface area contributed by atoms with Crippen molar-refractivity contribution in [3.05, 3.63) is 29.3 Å². The normalized spacial score (nSPS) is 21.4. The van der Waals surface area contributed by atoms with E-state index < -0.39 is 0 Å². The van der Waals surface area contributed by atoms with Crippen LogP contribution in [0.15, 0.2) is 24.3 Å². The lowest BCUT2D eigenvalue weighted by Gasteiger charge is -2.32. The van der Waals surface area contributed by atoms with E-state index in [2.05, 4.69) is 10.2 Å². The smallest absolute Gasteiger partial charge is 0.242 e. The first kappa shape index (κ1) is 18.1. The monoisotopic (exact) mass is 363 g/mol. The third-order valence-electron chi connectivity index (χ3n) is 5.34. The van der Waals surface area contributed by atoms with Crippen LogP contribution < -0.4 is 10.2 Å². The van der Waals surface area contributed by atoms with Gasteiger partial charge in [-0.15, -0.1) is 0 Å². The number of anilines is 1. The van der Waals surface area contributed by atoms with E-state index in [9.17, 15) is 9.59 Å². The standard InChI is InChI=1S/C19H26ClN3O2/c1-14(24)22-11-8-15(9-12-22)13-21-19(25)18-3-2-10-23(18)17-6-4-16(20)5-7-17/h4-7,15,18H,2-3,8-13H2,1H3,(H,21,25)/t18-/m0/s1. The highest BCUT2D eigenvalue weighted by Crippen LogP contribution is 2.27. The molecule has 1 N–H and O–H groups in total. The summed E-state index contributed by atoms with van der Waals surface area (Å²) in [5, 5.41) is 3.85. The molecule has 0 saturated carbocycles. The molecule has 2 aliphatic heterocycles. The predicted molar refractivity (Wildman–Crippen MR) is 99.8 cm³/mol. The summed E-state index contributed by atoms with van der Waals surface area (Å²) in [6.07, 6.45) is 3.84. The lowest BCUT2D eigenvalue weighted by atomic mass is 9.96. The summed E-state index contributed by atoms with van der Waals surface area (Å²) in [7, 11) is 0. The Balaban J connectivity index is 1.51. The van der Waals surface area contributed by atoms with Gasteiger partial charge in [0.1, 0.15) is 6.04 Å². The van der Waals surface area contributed by atoms with Crippen LogP contribution in [0.4, 0.5) is 5.69 Å². The number of amides is 2. The number of carbonyl (C=O) groups is 2. The third-order valence-corrected chi connectivity index (χ3v) is 5.59. The van der Waals surface area contributed by atoms with Crippen molar-refractivity contribution in [1.82, 2.24) is 10.2 Å². The van der Waals surface area contributed by atoms with Gasteiger partial charge in [0.05, 0.1) is 0 Å². The summed E-state index contributed by atoms with van der Waals surface area (Å²) < 4.78 is 0. The Morgan fingerprint density at radius 1 is 1.12 bits per heavy atom. The molecular formula is C19H26ClN3O2. The van der Waals surface area contributed by atoms with Crippen molar-refractivity contribution in [2.75, 3.05) is 31.1 Å². The van der Waals surface area contributed by atoms with E-state index in [4.69, 9.17) is 11.6 Å². The highest BCUT2D eigenvalue weighted by atomic mass is 35.5. The van der Waals surface area contributed by atoms with Crippen molar-refractivity contribution in [3.8, 4) is 0 Å². The molecule has 2 heterocycles. The van der Waals surface area contributed by atoms with Crippen molar-refractivity contribution in [3.63, 3.8) is 0 Å². The van der Waals surface area contributed by atoms with Crippen molar-refractivity contribution in [1.29, 1.82) is 0 Å². The van der Waals surface area contributed by atoms with Gasteiger partial charge in [0.25, 0.3) is 0 Å². The second-order valence-electron chi connectivity index (χ2n) is 7.02. The highest BCUT2D eigenvalue weighted by Gasteiger charge is 2.31. The third kappa shape index (κ3) is 4.46. The summed E-state index contributed by atoms with van der Waals surface area (Å²) in [5.41, 5.74) is 1.05. The van der Waals surface area contributed by atoms with Crippen molar-refractivity contribution >= 4 is 29.1 Å². The zero-order chi connectivity index (χ0) is 17.8. The van der Waals surface area contributed by atoms with Gasteiger partial charge in [-0.2, -0.15) is 0 Å². The number of benzene rings is 1. The largest absolute Gasteiger partial charge is 0.360 e. The van der Waals surface area contributed by atoms with Gasteiger partial charge < -0.3 is 15.1 Å². The Morgan fingerprint density at radius 2 is 1.80 bits per heavy atom. The molecule has 25 heavy (non-hydrogen) atoms. The Kier molecular flexibility index (Phi) is 5.84. The van der Waals surface area contributed by atoms with E-state index in [-0.39, 0.29) is 17.9 Å². The average molecular weight is 364 g/mol. The second kappa shape index (κ2) is 8.09. The number of halogens is 1. The number of piperidine rings is 1. The molecule has 1 atom stereocenters. The molecule has 2 amide bonds. The van der Waals surface area contributed by atoms with Crippen LogP contribution in [-0.4, -0.2) is 48.9 Å². The molecule has 136 valence electrons. The fourth-order valence-corrected chi connectivity index (χ4v) is 3.92. The molecule has 1 aromatic rings. The number of hydrogen-bond acceptors (Lipinski definition) is 3. The van der Waals surface area contributed by atoms with Gasteiger partial charge in [-0.25, -0.2) is 0 Å². The summed E-state index contributed by atoms with van der Waals surface area (Å²) in [4.78, 5) is 28.1. The van der Waals surface area contributed by atoms with Crippen LogP contribution >= 0.6 is 11.6 Å². The van der Waals surface area contributed by atoms with Crippen LogP contribution in [0.5, 0.6) is 0 Å². The zero-order valence-electron chi connectivity index (χ0n) is 14.7. The first-order chi connectivity index (χ1) is 12.0. The molecule has 1 aromatic carbocycles. The van der Waals surface area contributed by atoms with Crippen molar-refractivity contribution in [2.24, 2.45) is 5.92 Å². The van der Waals surface area contributed by atoms with Crippen LogP contribution in [0.3, 0.4) is 0 Å². The lowest BCUT2D eigenvalue weighted by molar-refractivity contribution is -0.130. The number of nitrogens with zero attached hydrogens (tertiary/aromatic N) is 2. The van der Waals surface area contributed by atoms with Crippen molar-refractivity contribution < 1.29 is 9.59 Å². The van der Waals surface area contributed by atoms with Crippen LogP contribution in [0.25, 0.3) is 0 Å². The van der Waals surface area contributed by atoms with Crippen LogP contribution in [0.2, 0.25) is 5.02 Å².